The molecular weight excluding hydrogens is 252 g/mol. The summed E-state index contributed by atoms with van der Waals surface area (Å²) in [4.78, 5) is 18.1. The molecule has 0 bridgehead atoms. The maximum Gasteiger partial charge on any atom is 0.236 e. The largest absolute Gasteiger partial charge is 0.337 e. The normalized spacial score (nSPS) is 18.8. The molecule has 5 nitrogen and oxygen atoms in total. The van der Waals surface area contributed by atoms with E-state index in [0.29, 0.717) is 12.6 Å². The van der Waals surface area contributed by atoms with Crippen LogP contribution in [0.25, 0.3) is 0 Å². The van der Waals surface area contributed by atoms with Crippen molar-refractivity contribution < 1.29 is 4.79 Å². The molecular formula is C12H21ClN4O. The Morgan fingerprint density at radius 1 is 1.61 bits per heavy atom. The molecule has 1 N–H and O–H groups in total. The van der Waals surface area contributed by atoms with E-state index in [1.807, 2.05) is 31.3 Å². The summed E-state index contributed by atoms with van der Waals surface area (Å²) >= 11 is 0. The topological polar surface area (TPSA) is 50.2 Å². The summed E-state index contributed by atoms with van der Waals surface area (Å²) in [7, 11) is 1.81. The first-order valence-corrected chi connectivity index (χ1v) is 6.14. The predicted molar refractivity (Wildman–Crippen MR) is 72.9 cm³/mol. The number of nitrogens with zero attached hydrogens (tertiary/aromatic N) is 3. The molecule has 0 aliphatic carbocycles. The molecule has 1 atom stereocenters. The second kappa shape index (κ2) is 6.75. The van der Waals surface area contributed by atoms with Crippen molar-refractivity contribution in [3.63, 3.8) is 0 Å². The molecule has 1 saturated heterocycles. The van der Waals surface area contributed by atoms with E-state index in [9.17, 15) is 4.79 Å². The molecule has 1 aromatic rings. The third-order valence-electron chi connectivity index (χ3n) is 3.36. The lowest BCUT2D eigenvalue weighted by atomic mass is 10.2. The zero-order valence-electron chi connectivity index (χ0n) is 10.9. The smallest absolute Gasteiger partial charge is 0.236 e. The molecule has 1 fully saturated rings. The highest BCUT2D eigenvalue weighted by atomic mass is 35.5. The van der Waals surface area contributed by atoms with Gasteiger partial charge < -0.3 is 14.8 Å². The predicted octanol–water partition coefficient (Wildman–Crippen LogP) is 0.824. The number of hydrogen-bond acceptors (Lipinski definition) is 3. The standard InChI is InChI=1S/C12H20N4O.ClH/c1-10-14-5-7-15(10)9-11-4-3-6-16(11)12(17)8-13-2;/h5,7,11,13H,3-4,6,8-9H2,1-2H3;1H. The monoisotopic (exact) mass is 272 g/mol. The highest BCUT2D eigenvalue weighted by molar-refractivity contribution is 5.85. The third-order valence-corrected chi connectivity index (χ3v) is 3.36. The Bertz CT molecular complexity index is 393. The third kappa shape index (κ3) is 3.23. The number of carbonyl (C=O) groups is 1. The van der Waals surface area contributed by atoms with Crippen molar-refractivity contribution in [1.82, 2.24) is 19.8 Å². The van der Waals surface area contributed by atoms with E-state index in [-0.39, 0.29) is 18.3 Å². The lowest BCUT2D eigenvalue weighted by Crippen LogP contribution is -2.42. The van der Waals surface area contributed by atoms with Gasteiger partial charge in [-0.25, -0.2) is 4.98 Å². The van der Waals surface area contributed by atoms with E-state index in [1.54, 1.807) is 0 Å². The second-order valence-electron chi connectivity index (χ2n) is 4.54. The van der Waals surface area contributed by atoms with Crippen LogP contribution in [0.1, 0.15) is 18.7 Å². The second-order valence-corrected chi connectivity index (χ2v) is 4.54. The summed E-state index contributed by atoms with van der Waals surface area (Å²) in [6, 6.07) is 0.323. The Morgan fingerprint density at radius 2 is 2.39 bits per heavy atom. The molecule has 0 spiro atoms. The van der Waals surface area contributed by atoms with Crippen LogP contribution in [0, 0.1) is 6.92 Å². The minimum Gasteiger partial charge on any atom is -0.337 e. The van der Waals surface area contributed by atoms with Crippen LogP contribution in [0.5, 0.6) is 0 Å². The number of rotatable bonds is 4. The van der Waals surface area contributed by atoms with E-state index < -0.39 is 0 Å². The Labute approximate surface area is 114 Å². The number of nitrogens with one attached hydrogen (secondary N) is 1. The van der Waals surface area contributed by atoms with Gasteiger partial charge in [0.05, 0.1) is 6.54 Å². The first kappa shape index (κ1) is 15.0. The van der Waals surface area contributed by atoms with Gasteiger partial charge >= 0.3 is 0 Å². The van der Waals surface area contributed by atoms with E-state index in [4.69, 9.17) is 0 Å². The average molecular weight is 273 g/mol. The number of carbonyl (C=O) groups excluding carboxylic acids is 1. The molecule has 0 radical (unpaired) electrons. The fourth-order valence-corrected chi connectivity index (χ4v) is 2.43. The van der Waals surface area contributed by atoms with Crippen LogP contribution < -0.4 is 5.32 Å². The Morgan fingerprint density at radius 3 is 3.00 bits per heavy atom. The Hall–Kier alpha value is -1.07. The number of hydrogen-bond donors (Lipinski definition) is 1. The van der Waals surface area contributed by atoms with Gasteiger partial charge in [-0.15, -0.1) is 12.4 Å². The fraction of sp³-hybridized carbons (Fsp3) is 0.667. The zero-order chi connectivity index (χ0) is 12.3. The van der Waals surface area contributed by atoms with E-state index in [1.165, 1.54) is 0 Å². The molecule has 102 valence electrons. The van der Waals surface area contributed by atoms with Crippen LogP contribution in [0.15, 0.2) is 12.4 Å². The number of amides is 1. The average Bonchev–Trinajstić information content (AvgIpc) is 2.90. The molecule has 0 saturated carbocycles. The summed E-state index contributed by atoms with van der Waals surface area (Å²) in [5, 5.41) is 2.92. The van der Waals surface area contributed by atoms with Crippen molar-refractivity contribution in [2.24, 2.45) is 0 Å². The Balaban J connectivity index is 0.00000162. The van der Waals surface area contributed by atoms with Crippen molar-refractivity contribution in [2.75, 3.05) is 20.1 Å². The molecule has 1 aromatic heterocycles. The first-order chi connectivity index (χ1) is 8.22. The van der Waals surface area contributed by atoms with Crippen LogP contribution in [0.2, 0.25) is 0 Å². The van der Waals surface area contributed by atoms with Gasteiger partial charge in [-0.2, -0.15) is 0 Å². The summed E-state index contributed by atoms with van der Waals surface area (Å²) in [5.41, 5.74) is 0. The van der Waals surface area contributed by atoms with Gasteiger partial charge in [-0.1, -0.05) is 0 Å². The minimum absolute atomic E-state index is 0. The lowest BCUT2D eigenvalue weighted by Gasteiger charge is -2.25. The van der Waals surface area contributed by atoms with Gasteiger partial charge in [0.15, 0.2) is 0 Å². The molecule has 1 aliphatic rings. The van der Waals surface area contributed by atoms with Crippen LogP contribution in [0.4, 0.5) is 0 Å². The van der Waals surface area contributed by atoms with Crippen molar-refractivity contribution in [1.29, 1.82) is 0 Å². The number of aromatic nitrogens is 2. The zero-order valence-corrected chi connectivity index (χ0v) is 11.7. The summed E-state index contributed by atoms with van der Waals surface area (Å²) in [5.74, 6) is 1.21. The molecule has 18 heavy (non-hydrogen) atoms. The van der Waals surface area contributed by atoms with Gasteiger partial charge in [0.2, 0.25) is 5.91 Å². The van der Waals surface area contributed by atoms with Crippen LogP contribution >= 0.6 is 12.4 Å². The van der Waals surface area contributed by atoms with E-state index in [0.717, 1.165) is 31.8 Å². The molecule has 0 aromatic carbocycles. The van der Waals surface area contributed by atoms with E-state index >= 15 is 0 Å². The van der Waals surface area contributed by atoms with Crippen LogP contribution in [-0.4, -0.2) is 46.5 Å². The SMILES string of the molecule is CNCC(=O)N1CCCC1Cn1ccnc1C.Cl. The van der Waals surface area contributed by atoms with Gasteiger partial charge in [0.25, 0.3) is 0 Å². The van der Waals surface area contributed by atoms with Crippen LogP contribution in [0.3, 0.4) is 0 Å². The van der Waals surface area contributed by atoms with Gasteiger partial charge in [0, 0.05) is 31.5 Å². The maximum atomic E-state index is 11.9. The first-order valence-electron chi connectivity index (χ1n) is 6.14. The summed E-state index contributed by atoms with van der Waals surface area (Å²) in [6.07, 6.45) is 5.99. The summed E-state index contributed by atoms with van der Waals surface area (Å²) < 4.78 is 2.12. The van der Waals surface area contributed by atoms with Gasteiger partial charge in [-0.3, -0.25) is 4.79 Å². The molecule has 1 aliphatic heterocycles. The number of halogens is 1. The quantitative estimate of drug-likeness (QED) is 0.883. The molecule has 2 heterocycles. The fourth-order valence-electron chi connectivity index (χ4n) is 2.43. The Kier molecular flexibility index (Phi) is 5.62. The van der Waals surface area contributed by atoms with Gasteiger partial charge in [-0.05, 0) is 26.8 Å². The molecule has 6 heteroatoms. The maximum absolute atomic E-state index is 11.9. The molecule has 1 unspecified atom stereocenters. The van der Waals surface area contributed by atoms with Crippen molar-refractivity contribution >= 4 is 18.3 Å². The summed E-state index contributed by atoms with van der Waals surface area (Å²) in [6.45, 7) is 4.17. The lowest BCUT2D eigenvalue weighted by molar-refractivity contribution is -0.131. The molecule has 1 amide bonds. The molecule has 2 rings (SSSR count). The van der Waals surface area contributed by atoms with Gasteiger partial charge in [0.1, 0.15) is 5.82 Å². The van der Waals surface area contributed by atoms with Crippen molar-refractivity contribution in [3.8, 4) is 0 Å². The number of likely N-dealkylation sites (N-methyl/N-ethyl adjacent to an activating group) is 1. The van der Waals surface area contributed by atoms with Crippen molar-refractivity contribution in [2.45, 2.75) is 32.4 Å². The van der Waals surface area contributed by atoms with E-state index in [2.05, 4.69) is 14.9 Å². The number of imidazole rings is 1. The van der Waals surface area contributed by atoms with Crippen molar-refractivity contribution in [3.05, 3.63) is 18.2 Å². The highest BCUT2D eigenvalue weighted by Gasteiger charge is 2.28. The number of likely N-dealkylation sites (tertiary alicyclic amines) is 1. The van der Waals surface area contributed by atoms with Crippen LogP contribution in [-0.2, 0) is 11.3 Å². The number of aryl methyl sites for hydroxylation is 1. The highest BCUT2D eigenvalue weighted by Crippen LogP contribution is 2.19. The minimum atomic E-state index is 0.